The topological polar surface area (TPSA) is 61.7 Å². The molecule has 110 valence electrons. The Labute approximate surface area is 120 Å². The van der Waals surface area contributed by atoms with Crippen molar-refractivity contribution in [3.63, 3.8) is 0 Å². The number of aromatic nitrogens is 4. The van der Waals surface area contributed by atoms with Gasteiger partial charge in [0.2, 0.25) is 0 Å². The summed E-state index contributed by atoms with van der Waals surface area (Å²) < 4.78 is 3.98. The highest BCUT2D eigenvalue weighted by Gasteiger charge is 2.15. The minimum atomic E-state index is 0.212. The van der Waals surface area contributed by atoms with Crippen LogP contribution in [0, 0.1) is 20.8 Å². The summed E-state index contributed by atoms with van der Waals surface area (Å²) in [4.78, 5) is 0. The van der Waals surface area contributed by atoms with E-state index in [1.807, 2.05) is 18.7 Å². The van der Waals surface area contributed by atoms with Crippen LogP contribution in [0.1, 0.15) is 41.7 Å². The highest BCUT2D eigenvalue weighted by atomic mass is 15.3. The van der Waals surface area contributed by atoms with E-state index < -0.39 is 0 Å². The molecular weight excluding hydrogens is 250 g/mol. The van der Waals surface area contributed by atoms with Gasteiger partial charge in [0.15, 0.2) is 0 Å². The Morgan fingerprint density at radius 2 is 1.95 bits per heavy atom. The number of rotatable bonds is 5. The van der Waals surface area contributed by atoms with Gasteiger partial charge in [0.1, 0.15) is 0 Å². The van der Waals surface area contributed by atoms with Crippen molar-refractivity contribution in [2.75, 3.05) is 0 Å². The van der Waals surface area contributed by atoms with E-state index in [1.165, 1.54) is 17.0 Å². The Bertz CT molecular complexity index is 594. The summed E-state index contributed by atoms with van der Waals surface area (Å²) in [7, 11) is 1.97. The molecule has 2 aromatic rings. The molecule has 5 nitrogen and oxygen atoms in total. The van der Waals surface area contributed by atoms with E-state index in [0.29, 0.717) is 0 Å². The molecule has 0 aliphatic rings. The molecule has 5 heteroatoms. The van der Waals surface area contributed by atoms with Crippen molar-refractivity contribution in [1.29, 1.82) is 0 Å². The molecule has 0 radical (unpaired) electrons. The number of hydrogen-bond donors (Lipinski definition) is 1. The molecule has 20 heavy (non-hydrogen) atoms. The average molecular weight is 275 g/mol. The maximum absolute atomic E-state index is 6.08. The minimum Gasteiger partial charge on any atom is -0.327 e. The van der Waals surface area contributed by atoms with Gasteiger partial charge in [0.05, 0.1) is 23.6 Å². The monoisotopic (exact) mass is 275 g/mol. The van der Waals surface area contributed by atoms with Gasteiger partial charge in [-0.15, -0.1) is 0 Å². The highest BCUT2D eigenvalue weighted by Crippen LogP contribution is 2.17. The Hall–Kier alpha value is -1.62. The lowest BCUT2D eigenvalue weighted by molar-refractivity contribution is 0.600. The fraction of sp³-hybridized carbons (Fsp3) is 0.600. The van der Waals surface area contributed by atoms with E-state index in [0.717, 1.165) is 30.8 Å². The van der Waals surface area contributed by atoms with E-state index in [2.05, 4.69) is 41.7 Å². The molecule has 0 aliphatic heterocycles. The van der Waals surface area contributed by atoms with Crippen LogP contribution in [0.15, 0.2) is 6.07 Å². The van der Waals surface area contributed by atoms with Crippen LogP contribution >= 0.6 is 0 Å². The molecule has 2 rings (SSSR count). The quantitative estimate of drug-likeness (QED) is 0.906. The zero-order valence-electron chi connectivity index (χ0n) is 13.1. The van der Waals surface area contributed by atoms with E-state index in [9.17, 15) is 0 Å². The Morgan fingerprint density at radius 1 is 1.25 bits per heavy atom. The smallest absolute Gasteiger partial charge is 0.0831 e. The molecule has 0 amide bonds. The van der Waals surface area contributed by atoms with Crippen LogP contribution in [-0.4, -0.2) is 25.6 Å². The maximum Gasteiger partial charge on any atom is 0.0831 e. The van der Waals surface area contributed by atoms with Crippen molar-refractivity contribution in [3.05, 3.63) is 34.4 Å². The first-order chi connectivity index (χ1) is 9.42. The van der Waals surface area contributed by atoms with Gasteiger partial charge in [-0.05, 0) is 45.2 Å². The highest BCUT2D eigenvalue weighted by molar-refractivity contribution is 5.26. The predicted octanol–water partition coefficient (Wildman–Crippen LogP) is 1.87. The molecule has 0 aliphatic carbocycles. The molecule has 2 N–H and O–H groups in total. The van der Waals surface area contributed by atoms with Gasteiger partial charge in [-0.2, -0.15) is 10.2 Å². The molecule has 0 bridgehead atoms. The summed E-state index contributed by atoms with van der Waals surface area (Å²) in [5, 5.41) is 9.05. The molecular formula is C15H25N5. The number of nitrogens with zero attached hydrogens (tertiary/aromatic N) is 4. The van der Waals surface area contributed by atoms with Crippen LogP contribution in [0.3, 0.4) is 0 Å². The van der Waals surface area contributed by atoms with Crippen molar-refractivity contribution in [2.24, 2.45) is 12.8 Å². The van der Waals surface area contributed by atoms with Crippen molar-refractivity contribution >= 4 is 0 Å². The molecule has 0 fully saturated rings. The zero-order valence-corrected chi connectivity index (χ0v) is 13.1. The van der Waals surface area contributed by atoms with E-state index in [4.69, 9.17) is 5.73 Å². The summed E-state index contributed by atoms with van der Waals surface area (Å²) in [6, 6.07) is 2.32. The van der Waals surface area contributed by atoms with E-state index in [-0.39, 0.29) is 6.04 Å². The Kier molecular flexibility index (Phi) is 4.28. The van der Waals surface area contributed by atoms with Gasteiger partial charge in [0.25, 0.3) is 0 Å². The first-order valence-corrected chi connectivity index (χ1v) is 7.20. The van der Waals surface area contributed by atoms with Crippen LogP contribution in [0.4, 0.5) is 0 Å². The standard InChI is InChI=1S/C15H25N5/c1-6-13(16)8-15-11(3)18-20(12(15)4)9-14-7-10(2)17-19(14)5/h7,13H,6,8-9,16H2,1-5H3. The van der Waals surface area contributed by atoms with Crippen molar-refractivity contribution in [2.45, 2.75) is 53.1 Å². The van der Waals surface area contributed by atoms with Gasteiger partial charge in [0, 0.05) is 18.8 Å². The zero-order chi connectivity index (χ0) is 14.9. The fourth-order valence-corrected chi connectivity index (χ4v) is 2.56. The van der Waals surface area contributed by atoms with Crippen LogP contribution < -0.4 is 5.73 Å². The van der Waals surface area contributed by atoms with Gasteiger partial charge < -0.3 is 5.73 Å². The third-order valence-corrected chi connectivity index (χ3v) is 3.93. The van der Waals surface area contributed by atoms with Gasteiger partial charge in [-0.3, -0.25) is 9.36 Å². The van der Waals surface area contributed by atoms with Crippen LogP contribution in [0.25, 0.3) is 0 Å². The molecule has 2 aromatic heterocycles. The SMILES string of the molecule is CCC(N)Cc1c(C)nn(Cc2cc(C)nn2C)c1C. The maximum atomic E-state index is 6.08. The largest absolute Gasteiger partial charge is 0.327 e. The lowest BCUT2D eigenvalue weighted by atomic mass is 10.0. The van der Waals surface area contributed by atoms with Crippen molar-refractivity contribution in [3.8, 4) is 0 Å². The summed E-state index contributed by atoms with van der Waals surface area (Å²) >= 11 is 0. The summed E-state index contributed by atoms with van der Waals surface area (Å²) in [5.41, 5.74) is 11.9. The fourth-order valence-electron chi connectivity index (χ4n) is 2.56. The van der Waals surface area contributed by atoms with Gasteiger partial charge in [-0.25, -0.2) is 0 Å². The lowest BCUT2D eigenvalue weighted by Gasteiger charge is -2.09. The van der Waals surface area contributed by atoms with Crippen molar-refractivity contribution in [1.82, 2.24) is 19.6 Å². The first-order valence-electron chi connectivity index (χ1n) is 7.20. The van der Waals surface area contributed by atoms with Crippen LogP contribution in [0.2, 0.25) is 0 Å². The molecule has 0 spiro atoms. The molecule has 1 atom stereocenters. The number of aryl methyl sites for hydroxylation is 3. The number of hydrogen-bond acceptors (Lipinski definition) is 3. The second-order valence-electron chi connectivity index (χ2n) is 5.58. The summed E-state index contributed by atoms with van der Waals surface area (Å²) in [6.45, 7) is 9.08. The molecule has 2 heterocycles. The second-order valence-corrected chi connectivity index (χ2v) is 5.58. The normalized spacial score (nSPS) is 12.9. The molecule has 1 unspecified atom stereocenters. The Morgan fingerprint density at radius 3 is 2.50 bits per heavy atom. The van der Waals surface area contributed by atoms with Gasteiger partial charge >= 0.3 is 0 Å². The summed E-state index contributed by atoms with van der Waals surface area (Å²) in [5.74, 6) is 0. The average Bonchev–Trinajstić information content (AvgIpc) is 2.83. The third kappa shape index (κ3) is 2.93. The number of nitrogens with two attached hydrogens (primary N) is 1. The summed E-state index contributed by atoms with van der Waals surface area (Å²) in [6.07, 6.45) is 1.89. The molecule has 0 aromatic carbocycles. The van der Waals surface area contributed by atoms with Crippen molar-refractivity contribution < 1.29 is 0 Å². The lowest BCUT2D eigenvalue weighted by Crippen LogP contribution is -2.22. The van der Waals surface area contributed by atoms with Gasteiger partial charge in [-0.1, -0.05) is 6.92 Å². The minimum absolute atomic E-state index is 0.212. The van der Waals surface area contributed by atoms with Crippen LogP contribution in [-0.2, 0) is 20.0 Å². The second kappa shape index (κ2) is 5.79. The van der Waals surface area contributed by atoms with Crippen LogP contribution in [0.5, 0.6) is 0 Å². The molecule has 0 saturated carbocycles. The first kappa shape index (κ1) is 14.8. The van der Waals surface area contributed by atoms with E-state index in [1.54, 1.807) is 0 Å². The predicted molar refractivity (Wildman–Crippen MR) is 80.7 cm³/mol. The molecule has 0 saturated heterocycles. The third-order valence-electron chi connectivity index (χ3n) is 3.93. The van der Waals surface area contributed by atoms with E-state index >= 15 is 0 Å². The Balaban J connectivity index is 2.25.